The van der Waals surface area contributed by atoms with Crippen LogP contribution in [-0.4, -0.2) is 18.5 Å². The van der Waals surface area contributed by atoms with E-state index in [1.807, 2.05) is 36.4 Å². The number of rotatable bonds is 4. The van der Waals surface area contributed by atoms with E-state index in [1.165, 1.54) is 24.3 Å². The van der Waals surface area contributed by atoms with Crippen LogP contribution in [0.1, 0.15) is 10.4 Å². The number of carbonyl (C=O) groups excluding carboxylic acids is 2. The number of hydrogen-bond acceptors (Lipinski definition) is 3. The summed E-state index contributed by atoms with van der Waals surface area (Å²) in [6, 6.07) is 19.3. The Labute approximate surface area is 144 Å². The molecule has 0 bridgehead atoms. The maximum absolute atomic E-state index is 12.1. The Morgan fingerprint density at radius 1 is 0.960 bits per heavy atom. The molecule has 0 aliphatic carbocycles. The lowest BCUT2D eigenvalue weighted by molar-refractivity contribution is -0.119. The molecule has 0 heterocycles. The molecule has 122 valence electrons. The fraction of sp³-hybridized carbons (Fsp3) is 0.0500. The summed E-state index contributed by atoms with van der Waals surface area (Å²) in [5.41, 5.74) is 1.40. The first-order valence-electron chi connectivity index (χ1n) is 7.59. The summed E-state index contributed by atoms with van der Waals surface area (Å²) in [5.74, 6) is -1.02. The third-order valence-electron chi connectivity index (χ3n) is 3.63. The van der Waals surface area contributed by atoms with E-state index in [4.69, 9.17) is 11.3 Å². The third-order valence-corrected chi connectivity index (χ3v) is 3.63. The minimum atomic E-state index is -0.607. The van der Waals surface area contributed by atoms with E-state index in [1.54, 1.807) is 6.07 Å². The van der Waals surface area contributed by atoms with Gasteiger partial charge in [0.2, 0.25) is 0 Å². The molecule has 0 radical (unpaired) electrons. The van der Waals surface area contributed by atoms with Gasteiger partial charge in [-0.05, 0) is 11.5 Å². The monoisotopic (exact) mass is 330 g/mol. The number of hydrogen-bond donors (Lipinski definition) is 1. The van der Waals surface area contributed by atoms with Crippen LogP contribution in [0, 0.1) is 6.57 Å². The number of nitrogens with one attached hydrogen (secondary N) is 1. The smallest absolute Gasteiger partial charge is 0.338 e. The van der Waals surface area contributed by atoms with Crippen molar-refractivity contribution in [3.8, 4) is 0 Å². The molecule has 1 N–H and O–H groups in total. The van der Waals surface area contributed by atoms with Gasteiger partial charge in [0.05, 0.1) is 12.1 Å². The number of amides is 1. The lowest BCUT2D eigenvalue weighted by Gasteiger charge is -2.09. The van der Waals surface area contributed by atoms with Crippen LogP contribution >= 0.6 is 0 Å². The Kier molecular flexibility index (Phi) is 4.72. The Morgan fingerprint density at radius 3 is 2.44 bits per heavy atom. The maximum atomic E-state index is 12.1. The van der Waals surface area contributed by atoms with Crippen LogP contribution in [0.2, 0.25) is 0 Å². The highest BCUT2D eigenvalue weighted by Crippen LogP contribution is 2.22. The van der Waals surface area contributed by atoms with Crippen LogP contribution in [0.15, 0.2) is 66.7 Å². The molecule has 0 unspecified atom stereocenters. The Hall–Kier alpha value is -3.65. The molecule has 5 heteroatoms. The highest BCUT2D eigenvalue weighted by atomic mass is 16.5. The van der Waals surface area contributed by atoms with E-state index >= 15 is 0 Å². The first-order valence-corrected chi connectivity index (χ1v) is 7.59. The Balaban J connectivity index is 1.62. The van der Waals surface area contributed by atoms with Gasteiger partial charge in [-0.25, -0.2) is 9.64 Å². The molecular formula is C20H14N2O3. The molecule has 0 fully saturated rings. The van der Waals surface area contributed by atoms with Crippen molar-refractivity contribution in [3.63, 3.8) is 0 Å². The van der Waals surface area contributed by atoms with Gasteiger partial charge in [0.15, 0.2) is 12.3 Å². The average Bonchev–Trinajstić information content (AvgIpc) is 2.66. The van der Waals surface area contributed by atoms with E-state index < -0.39 is 11.9 Å². The minimum absolute atomic E-state index is 0.297. The molecule has 3 aromatic carbocycles. The highest BCUT2D eigenvalue weighted by Gasteiger charge is 2.11. The standard InChI is InChI=1S/C20H14N2O3/c1-21-16-11-9-15(10-12-16)20(24)25-13-19(23)22-18-8-4-6-14-5-2-3-7-17(14)18/h2-12H,13H2,(H,22,23). The van der Waals surface area contributed by atoms with Crippen molar-refractivity contribution >= 4 is 34.0 Å². The van der Waals surface area contributed by atoms with Crippen molar-refractivity contribution in [1.29, 1.82) is 0 Å². The zero-order valence-electron chi connectivity index (χ0n) is 13.2. The summed E-state index contributed by atoms with van der Waals surface area (Å²) in [6.45, 7) is 6.50. The normalized spacial score (nSPS) is 10.0. The lowest BCUT2D eigenvalue weighted by atomic mass is 10.1. The molecule has 0 aliphatic heterocycles. The molecular weight excluding hydrogens is 316 g/mol. The number of esters is 1. The van der Waals surface area contributed by atoms with Gasteiger partial charge >= 0.3 is 5.97 Å². The van der Waals surface area contributed by atoms with E-state index in [2.05, 4.69) is 10.2 Å². The predicted molar refractivity (Wildman–Crippen MR) is 95.6 cm³/mol. The van der Waals surface area contributed by atoms with Crippen molar-refractivity contribution in [2.45, 2.75) is 0 Å². The van der Waals surface area contributed by atoms with Crippen molar-refractivity contribution in [3.05, 3.63) is 83.7 Å². The van der Waals surface area contributed by atoms with E-state index in [0.717, 1.165) is 10.8 Å². The summed E-state index contributed by atoms with van der Waals surface area (Å²) in [5, 5.41) is 4.68. The van der Waals surface area contributed by atoms with Crippen LogP contribution in [0.25, 0.3) is 15.6 Å². The minimum Gasteiger partial charge on any atom is -0.452 e. The van der Waals surface area contributed by atoms with Gasteiger partial charge in [-0.3, -0.25) is 4.79 Å². The summed E-state index contributed by atoms with van der Waals surface area (Å²) >= 11 is 0. The highest BCUT2D eigenvalue weighted by molar-refractivity contribution is 6.03. The molecule has 3 rings (SSSR count). The van der Waals surface area contributed by atoms with Crippen LogP contribution in [0.4, 0.5) is 11.4 Å². The number of nitrogens with zero attached hydrogens (tertiary/aromatic N) is 1. The van der Waals surface area contributed by atoms with Crippen molar-refractivity contribution in [2.24, 2.45) is 0 Å². The topological polar surface area (TPSA) is 59.8 Å². The molecule has 1 amide bonds. The average molecular weight is 330 g/mol. The quantitative estimate of drug-likeness (QED) is 0.576. The first kappa shape index (κ1) is 16.2. The summed E-state index contributed by atoms with van der Waals surface area (Å²) < 4.78 is 5.02. The molecule has 0 aliphatic rings. The van der Waals surface area contributed by atoms with Gasteiger partial charge in [-0.1, -0.05) is 60.7 Å². The summed E-state index contributed by atoms with van der Waals surface area (Å²) in [4.78, 5) is 27.2. The van der Waals surface area contributed by atoms with Gasteiger partial charge in [0.1, 0.15) is 0 Å². The Morgan fingerprint density at radius 2 is 1.68 bits per heavy atom. The Bertz CT molecular complexity index is 967. The number of carbonyl (C=O) groups is 2. The van der Waals surface area contributed by atoms with Crippen molar-refractivity contribution in [2.75, 3.05) is 11.9 Å². The maximum Gasteiger partial charge on any atom is 0.338 e. The van der Waals surface area contributed by atoms with E-state index in [9.17, 15) is 9.59 Å². The van der Waals surface area contributed by atoms with Gasteiger partial charge in [0.25, 0.3) is 5.91 Å². The molecule has 3 aromatic rings. The van der Waals surface area contributed by atoms with Crippen LogP contribution in [0.3, 0.4) is 0 Å². The van der Waals surface area contributed by atoms with Gasteiger partial charge < -0.3 is 10.1 Å². The molecule has 0 saturated heterocycles. The SMILES string of the molecule is [C-]#[N+]c1ccc(C(=O)OCC(=O)Nc2cccc3ccccc23)cc1. The number of benzene rings is 3. The second-order valence-electron chi connectivity index (χ2n) is 5.31. The van der Waals surface area contributed by atoms with Gasteiger partial charge in [-0.15, -0.1) is 0 Å². The van der Waals surface area contributed by atoms with Gasteiger partial charge in [-0.2, -0.15) is 0 Å². The zero-order valence-corrected chi connectivity index (χ0v) is 13.2. The number of fused-ring (bicyclic) bond motifs is 1. The molecule has 0 saturated carbocycles. The molecule has 0 atom stereocenters. The molecule has 0 aromatic heterocycles. The van der Waals surface area contributed by atoms with Crippen LogP contribution in [-0.2, 0) is 9.53 Å². The fourth-order valence-corrected chi connectivity index (χ4v) is 2.41. The van der Waals surface area contributed by atoms with E-state index in [-0.39, 0.29) is 6.61 Å². The molecule has 0 spiro atoms. The van der Waals surface area contributed by atoms with Crippen molar-refractivity contribution in [1.82, 2.24) is 0 Å². The summed E-state index contributed by atoms with van der Waals surface area (Å²) in [7, 11) is 0. The fourth-order valence-electron chi connectivity index (χ4n) is 2.41. The molecule has 5 nitrogen and oxygen atoms in total. The summed E-state index contributed by atoms with van der Waals surface area (Å²) in [6.07, 6.45) is 0. The second-order valence-corrected chi connectivity index (χ2v) is 5.31. The van der Waals surface area contributed by atoms with Crippen LogP contribution < -0.4 is 5.32 Å². The first-order chi connectivity index (χ1) is 12.2. The van der Waals surface area contributed by atoms with Crippen LogP contribution in [0.5, 0.6) is 0 Å². The molecule has 25 heavy (non-hydrogen) atoms. The lowest BCUT2D eigenvalue weighted by Crippen LogP contribution is -2.21. The zero-order chi connectivity index (χ0) is 17.6. The predicted octanol–water partition coefficient (Wildman–Crippen LogP) is 4.19. The van der Waals surface area contributed by atoms with Gasteiger partial charge in [0, 0.05) is 11.1 Å². The van der Waals surface area contributed by atoms with E-state index in [0.29, 0.717) is 16.9 Å². The number of anilines is 1. The third kappa shape index (κ3) is 3.82. The largest absolute Gasteiger partial charge is 0.452 e. The second kappa shape index (κ2) is 7.28. The number of ether oxygens (including phenoxy) is 1. The van der Waals surface area contributed by atoms with Crippen molar-refractivity contribution < 1.29 is 14.3 Å².